The Morgan fingerprint density at radius 3 is 3.00 bits per heavy atom. The minimum atomic E-state index is -0.961. The quantitative estimate of drug-likeness (QED) is 0.899. The fraction of sp³-hybridized carbons (Fsp3) is 0.500. The molecule has 1 atom stereocenters. The maximum Gasteiger partial charge on any atom is 0.273 e. The number of hydrogen-bond donors (Lipinski definition) is 1. The van der Waals surface area contributed by atoms with Crippen LogP contribution in [0, 0.1) is 6.92 Å². The lowest BCUT2D eigenvalue weighted by Crippen LogP contribution is -2.55. The number of amides is 1. The van der Waals surface area contributed by atoms with Gasteiger partial charge in [-0.25, -0.2) is 15.0 Å². The van der Waals surface area contributed by atoms with Gasteiger partial charge in [0.25, 0.3) is 5.91 Å². The number of carbonyl (C=O) groups excluding carboxylic acids is 1. The van der Waals surface area contributed by atoms with Crippen LogP contribution in [0.3, 0.4) is 0 Å². The molecule has 1 amide bonds. The van der Waals surface area contributed by atoms with Crippen LogP contribution >= 0.6 is 11.3 Å². The van der Waals surface area contributed by atoms with Gasteiger partial charge in [-0.15, -0.1) is 11.3 Å². The molecule has 1 N–H and O–H groups in total. The van der Waals surface area contributed by atoms with Crippen LogP contribution in [0.25, 0.3) is 0 Å². The lowest BCUT2D eigenvalue weighted by Gasteiger charge is -2.41. The fourth-order valence-electron chi connectivity index (χ4n) is 3.08. The number of rotatable bonds is 4. The second kappa shape index (κ2) is 6.82. The van der Waals surface area contributed by atoms with E-state index < -0.39 is 5.60 Å². The second-order valence-electron chi connectivity index (χ2n) is 6.30. The number of β-amino-alcohol motifs (C(OH)–C–C–N with tert-alkyl or cyclic N) is 1. The molecule has 1 aliphatic rings. The number of aliphatic hydroxyl groups is 1. The van der Waals surface area contributed by atoms with E-state index >= 15 is 0 Å². The molecule has 0 bridgehead atoms. The highest BCUT2D eigenvalue weighted by atomic mass is 32.1. The number of aryl methyl sites for hydroxylation is 1. The van der Waals surface area contributed by atoms with Gasteiger partial charge in [0.05, 0.1) is 17.7 Å². The maximum absolute atomic E-state index is 12.3. The zero-order chi connectivity index (χ0) is 17.2. The van der Waals surface area contributed by atoms with E-state index in [0.29, 0.717) is 18.7 Å². The molecule has 24 heavy (non-hydrogen) atoms. The van der Waals surface area contributed by atoms with Gasteiger partial charge < -0.3 is 14.9 Å². The molecule has 1 fully saturated rings. The summed E-state index contributed by atoms with van der Waals surface area (Å²) in [6, 6.07) is 1.91. The Bertz CT molecular complexity index is 708. The number of hydrogen-bond acceptors (Lipinski definition) is 7. The molecule has 1 aliphatic heterocycles. The molecule has 2 aromatic heterocycles. The van der Waals surface area contributed by atoms with Gasteiger partial charge >= 0.3 is 0 Å². The highest BCUT2D eigenvalue weighted by molar-refractivity contribution is 7.07. The SMILES string of the molecule is Cc1cc(N2CCCC(O)(CN(C)C(=O)c3cscn3)C2)ncn1. The van der Waals surface area contributed by atoms with Gasteiger partial charge in [-0.05, 0) is 19.8 Å². The number of piperidine rings is 1. The summed E-state index contributed by atoms with van der Waals surface area (Å²) in [5.74, 6) is 0.647. The molecule has 8 heteroatoms. The van der Waals surface area contributed by atoms with Crippen LogP contribution in [0.2, 0.25) is 0 Å². The molecule has 0 spiro atoms. The van der Waals surface area contributed by atoms with Crippen LogP contribution in [0.5, 0.6) is 0 Å². The van der Waals surface area contributed by atoms with Crippen molar-refractivity contribution in [1.29, 1.82) is 0 Å². The van der Waals surface area contributed by atoms with E-state index in [1.807, 2.05) is 13.0 Å². The standard InChI is InChI=1S/C16H21N5O2S/c1-12-6-14(18-10-17-12)21-5-3-4-16(23,9-21)8-20(2)15(22)13-7-24-11-19-13/h6-7,10-11,23H,3-5,8-9H2,1-2H3. The number of anilines is 1. The van der Waals surface area contributed by atoms with E-state index in [0.717, 1.165) is 24.5 Å². The van der Waals surface area contributed by atoms with E-state index in [1.165, 1.54) is 17.7 Å². The van der Waals surface area contributed by atoms with Crippen LogP contribution < -0.4 is 4.90 Å². The van der Waals surface area contributed by atoms with E-state index in [1.54, 1.807) is 22.8 Å². The molecular weight excluding hydrogens is 326 g/mol. The average molecular weight is 347 g/mol. The number of thiazole rings is 1. The molecule has 7 nitrogen and oxygen atoms in total. The van der Waals surface area contributed by atoms with Crippen molar-refractivity contribution in [3.05, 3.63) is 34.7 Å². The first-order chi connectivity index (χ1) is 11.5. The first-order valence-electron chi connectivity index (χ1n) is 7.86. The Kier molecular flexibility index (Phi) is 4.77. The number of aromatic nitrogens is 3. The predicted molar refractivity (Wildman–Crippen MR) is 92.2 cm³/mol. The van der Waals surface area contributed by atoms with Crippen molar-refractivity contribution in [2.24, 2.45) is 0 Å². The molecular formula is C16H21N5O2S. The molecule has 0 aromatic carbocycles. The van der Waals surface area contributed by atoms with Crippen LogP contribution in [0.15, 0.2) is 23.3 Å². The minimum absolute atomic E-state index is 0.167. The molecule has 3 rings (SSSR count). The van der Waals surface area contributed by atoms with Crippen LogP contribution in [-0.4, -0.2) is 63.1 Å². The molecule has 0 aliphatic carbocycles. The molecule has 3 heterocycles. The first-order valence-corrected chi connectivity index (χ1v) is 8.81. The molecule has 0 saturated carbocycles. The van der Waals surface area contributed by atoms with Gasteiger partial charge in [-0.1, -0.05) is 0 Å². The minimum Gasteiger partial charge on any atom is -0.386 e. The normalized spacial score (nSPS) is 20.9. The zero-order valence-corrected chi connectivity index (χ0v) is 14.7. The third kappa shape index (κ3) is 3.70. The lowest BCUT2D eigenvalue weighted by atomic mass is 9.92. The van der Waals surface area contributed by atoms with E-state index in [4.69, 9.17) is 0 Å². The summed E-state index contributed by atoms with van der Waals surface area (Å²) in [7, 11) is 1.70. The van der Waals surface area contributed by atoms with Crippen LogP contribution in [0.4, 0.5) is 5.82 Å². The molecule has 1 unspecified atom stereocenters. The summed E-state index contributed by atoms with van der Waals surface area (Å²) in [6.07, 6.45) is 3.04. The van der Waals surface area contributed by atoms with E-state index in [-0.39, 0.29) is 12.5 Å². The van der Waals surface area contributed by atoms with Crippen LogP contribution in [0.1, 0.15) is 29.0 Å². The summed E-state index contributed by atoms with van der Waals surface area (Å²) in [5.41, 5.74) is 1.99. The van der Waals surface area contributed by atoms with E-state index in [9.17, 15) is 9.90 Å². The van der Waals surface area contributed by atoms with Crippen LogP contribution in [-0.2, 0) is 0 Å². The lowest BCUT2D eigenvalue weighted by molar-refractivity contribution is -0.000264. The smallest absolute Gasteiger partial charge is 0.273 e. The maximum atomic E-state index is 12.3. The largest absolute Gasteiger partial charge is 0.386 e. The third-order valence-corrected chi connectivity index (χ3v) is 4.78. The van der Waals surface area contributed by atoms with Gasteiger partial charge in [0, 0.05) is 37.3 Å². The number of carbonyl (C=O) groups is 1. The molecule has 2 aromatic rings. The monoisotopic (exact) mass is 347 g/mol. The van der Waals surface area contributed by atoms with Crippen molar-refractivity contribution < 1.29 is 9.90 Å². The Balaban J connectivity index is 1.69. The summed E-state index contributed by atoms with van der Waals surface area (Å²) >= 11 is 1.39. The van der Waals surface area contributed by atoms with Gasteiger partial charge in [-0.2, -0.15) is 0 Å². The van der Waals surface area contributed by atoms with Crippen molar-refractivity contribution in [3.63, 3.8) is 0 Å². The van der Waals surface area contributed by atoms with Gasteiger partial charge in [0.2, 0.25) is 0 Å². The average Bonchev–Trinajstić information content (AvgIpc) is 3.08. The summed E-state index contributed by atoms with van der Waals surface area (Å²) in [4.78, 5) is 28.4. The highest BCUT2D eigenvalue weighted by Gasteiger charge is 2.36. The van der Waals surface area contributed by atoms with Crippen molar-refractivity contribution in [2.45, 2.75) is 25.4 Å². The Labute approximate surface area is 145 Å². The zero-order valence-electron chi connectivity index (χ0n) is 13.8. The number of nitrogens with zero attached hydrogens (tertiary/aromatic N) is 5. The summed E-state index contributed by atoms with van der Waals surface area (Å²) in [5, 5.41) is 12.7. The summed E-state index contributed by atoms with van der Waals surface area (Å²) in [6.45, 7) is 3.46. The Morgan fingerprint density at radius 1 is 1.46 bits per heavy atom. The van der Waals surface area contributed by atoms with Gasteiger partial charge in [-0.3, -0.25) is 4.79 Å². The Morgan fingerprint density at radius 2 is 2.29 bits per heavy atom. The third-order valence-electron chi connectivity index (χ3n) is 4.20. The van der Waals surface area contributed by atoms with Crippen molar-refractivity contribution >= 4 is 23.1 Å². The van der Waals surface area contributed by atoms with E-state index in [2.05, 4.69) is 19.9 Å². The molecule has 0 radical (unpaired) electrons. The fourth-order valence-corrected chi connectivity index (χ4v) is 3.60. The van der Waals surface area contributed by atoms with Crippen molar-refractivity contribution in [2.75, 3.05) is 31.6 Å². The second-order valence-corrected chi connectivity index (χ2v) is 7.02. The summed E-state index contributed by atoms with van der Waals surface area (Å²) < 4.78 is 0. The van der Waals surface area contributed by atoms with Gasteiger partial charge in [0.1, 0.15) is 17.8 Å². The highest BCUT2D eigenvalue weighted by Crippen LogP contribution is 2.26. The van der Waals surface area contributed by atoms with Gasteiger partial charge in [0.15, 0.2) is 0 Å². The topological polar surface area (TPSA) is 82.5 Å². The number of likely N-dealkylation sites (N-methyl/N-ethyl adjacent to an activating group) is 1. The molecule has 1 saturated heterocycles. The molecule has 128 valence electrons. The Hall–Kier alpha value is -2.06. The van der Waals surface area contributed by atoms with Crippen molar-refractivity contribution in [1.82, 2.24) is 19.9 Å². The predicted octanol–water partition coefficient (Wildman–Crippen LogP) is 1.35. The first kappa shape index (κ1) is 16.8. The van der Waals surface area contributed by atoms with Crippen molar-refractivity contribution in [3.8, 4) is 0 Å².